The van der Waals surface area contributed by atoms with Gasteiger partial charge in [-0.05, 0) is 30.5 Å². The summed E-state index contributed by atoms with van der Waals surface area (Å²) in [5, 5.41) is 2.94. The predicted molar refractivity (Wildman–Crippen MR) is 81.0 cm³/mol. The van der Waals surface area contributed by atoms with Crippen molar-refractivity contribution in [2.45, 2.75) is 26.3 Å². The third-order valence-electron chi connectivity index (χ3n) is 2.92. The molecular formula is C15H22ClNO3. The molecule has 5 heteroatoms. The molecule has 0 aliphatic rings. The number of carbonyl (C=O) groups is 1. The van der Waals surface area contributed by atoms with Gasteiger partial charge in [-0.3, -0.25) is 4.79 Å². The fourth-order valence-corrected chi connectivity index (χ4v) is 2.18. The van der Waals surface area contributed by atoms with Crippen LogP contribution in [0.25, 0.3) is 0 Å². The zero-order valence-corrected chi connectivity index (χ0v) is 13.2. The standard InChI is InChI=1S/C15H22ClNO3/c1-10(2)7-12(9-16)17-15(18)11-5-6-13(19-3)14(8-11)20-4/h5-6,8,10,12H,7,9H2,1-4H3,(H,17,18). The van der Waals surface area contributed by atoms with Gasteiger partial charge in [0.25, 0.3) is 5.91 Å². The summed E-state index contributed by atoms with van der Waals surface area (Å²) in [6, 6.07) is 5.05. The summed E-state index contributed by atoms with van der Waals surface area (Å²) >= 11 is 5.89. The molecule has 0 saturated heterocycles. The maximum atomic E-state index is 12.2. The normalized spacial score (nSPS) is 12.1. The molecule has 112 valence electrons. The van der Waals surface area contributed by atoms with Gasteiger partial charge in [0, 0.05) is 17.5 Å². The van der Waals surface area contributed by atoms with E-state index < -0.39 is 0 Å². The van der Waals surface area contributed by atoms with Crippen molar-refractivity contribution < 1.29 is 14.3 Å². The van der Waals surface area contributed by atoms with Crippen molar-refractivity contribution in [3.8, 4) is 11.5 Å². The zero-order valence-electron chi connectivity index (χ0n) is 12.4. The summed E-state index contributed by atoms with van der Waals surface area (Å²) in [5.74, 6) is 1.85. The van der Waals surface area contributed by atoms with Crippen molar-refractivity contribution >= 4 is 17.5 Å². The van der Waals surface area contributed by atoms with Crippen LogP contribution in [0.2, 0.25) is 0 Å². The third-order valence-corrected chi connectivity index (χ3v) is 3.30. The van der Waals surface area contributed by atoms with E-state index in [1.165, 1.54) is 0 Å². The van der Waals surface area contributed by atoms with E-state index in [-0.39, 0.29) is 11.9 Å². The highest BCUT2D eigenvalue weighted by atomic mass is 35.5. The van der Waals surface area contributed by atoms with E-state index in [0.717, 1.165) is 6.42 Å². The fourth-order valence-electron chi connectivity index (χ4n) is 1.98. The summed E-state index contributed by atoms with van der Waals surface area (Å²) in [5.41, 5.74) is 0.529. The van der Waals surface area contributed by atoms with Crippen LogP contribution >= 0.6 is 11.6 Å². The summed E-state index contributed by atoms with van der Waals surface area (Å²) in [7, 11) is 3.10. The van der Waals surface area contributed by atoms with E-state index in [9.17, 15) is 4.79 Å². The Hall–Kier alpha value is -1.42. The molecule has 1 N–H and O–H groups in total. The summed E-state index contributed by atoms with van der Waals surface area (Å²) in [4.78, 5) is 12.2. The lowest BCUT2D eigenvalue weighted by molar-refractivity contribution is 0.0936. The Bertz CT molecular complexity index is 449. The molecule has 0 aromatic heterocycles. The molecule has 0 fully saturated rings. The molecule has 1 rings (SSSR count). The molecule has 0 bridgehead atoms. The van der Waals surface area contributed by atoms with Crippen LogP contribution in [0.1, 0.15) is 30.6 Å². The lowest BCUT2D eigenvalue weighted by Gasteiger charge is -2.18. The molecular weight excluding hydrogens is 278 g/mol. The van der Waals surface area contributed by atoms with Gasteiger partial charge < -0.3 is 14.8 Å². The maximum Gasteiger partial charge on any atom is 0.251 e. The predicted octanol–water partition coefficient (Wildman–Crippen LogP) is 3.09. The molecule has 0 aliphatic heterocycles. The van der Waals surface area contributed by atoms with E-state index >= 15 is 0 Å². The van der Waals surface area contributed by atoms with Gasteiger partial charge in [-0.1, -0.05) is 13.8 Å². The molecule has 20 heavy (non-hydrogen) atoms. The maximum absolute atomic E-state index is 12.2. The average Bonchev–Trinajstić information content (AvgIpc) is 2.45. The average molecular weight is 300 g/mol. The highest BCUT2D eigenvalue weighted by molar-refractivity contribution is 6.18. The first kappa shape index (κ1) is 16.6. The molecule has 1 aromatic carbocycles. The Morgan fingerprint density at radius 1 is 1.25 bits per heavy atom. The molecule has 0 heterocycles. The molecule has 1 amide bonds. The quantitative estimate of drug-likeness (QED) is 0.787. The number of carbonyl (C=O) groups excluding carboxylic acids is 1. The van der Waals surface area contributed by atoms with Crippen LogP contribution in [-0.2, 0) is 0 Å². The lowest BCUT2D eigenvalue weighted by atomic mass is 10.0. The molecule has 4 nitrogen and oxygen atoms in total. The number of hydrogen-bond donors (Lipinski definition) is 1. The Morgan fingerprint density at radius 3 is 2.40 bits per heavy atom. The first-order valence-corrected chi connectivity index (χ1v) is 7.14. The number of benzene rings is 1. The molecule has 1 aromatic rings. The van der Waals surface area contributed by atoms with Crippen LogP contribution in [0.4, 0.5) is 0 Å². The Morgan fingerprint density at radius 2 is 1.90 bits per heavy atom. The Kier molecular flexibility index (Phi) is 6.65. The fraction of sp³-hybridized carbons (Fsp3) is 0.533. The van der Waals surface area contributed by atoms with E-state index in [1.807, 2.05) is 0 Å². The third kappa shape index (κ3) is 4.60. The number of nitrogens with one attached hydrogen (secondary N) is 1. The first-order chi connectivity index (χ1) is 9.51. The number of halogens is 1. The number of amides is 1. The second-order valence-electron chi connectivity index (χ2n) is 5.02. The Balaban J connectivity index is 2.81. The molecule has 0 aliphatic carbocycles. The Labute approximate surface area is 125 Å². The number of methoxy groups -OCH3 is 2. The molecule has 1 unspecified atom stereocenters. The minimum Gasteiger partial charge on any atom is -0.493 e. The summed E-state index contributed by atoms with van der Waals surface area (Å²) in [6.45, 7) is 4.20. The van der Waals surface area contributed by atoms with Gasteiger partial charge in [0.15, 0.2) is 11.5 Å². The number of ether oxygens (including phenoxy) is 2. The van der Waals surface area contributed by atoms with Gasteiger partial charge in [-0.15, -0.1) is 11.6 Å². The van der Waals surface area contributed by atoms with Gasteiger partial charge in [-0.25, -0.2) is 0 Å². The monoisotopic (exact) mass is 299 g/mol. The van der Waals surface area contributed by atoms with Gasteiger partial charge in [-0.2, -0.15) is 0 Å². The summed E-state index contributed by atoms with van der Waals surface area (Å²) < 4.78 is 10.3. The topological polar surface area (TPSA) is 47.6 Å². The van der Waals surface area contributed by atoms with Crippen LogP contribution in [0, 0.1) is 5.92 Å². The van der Waals surface area contributed by atoms with E-state index in [2.05, 4.69) is 19.2 Å². The second kappa shape index (κ2) is 8.00. The van der Waals surface area contributed by atoms with Crippen molar-refractivity contribution in [1.82, 2.24) is 5.32 Å². The minimum atomic E-state index is -0.155. The van der Waals surface area contributed by atoms with E-state index in [1.54, 1.807) is 32.4 Å². The smallest absolute Gasteiger partial charge is 0.251 e. The van der Waals surface area contributed by atoms with E-state index in [0.29, 0.717) is 28.9 Å². The summed E-state index contributed by atoms with van der Waals surface area (Å²) in [6.07, 6.45) is 0.850. The largest absolute Gasteiger partial charge is 0.493 e. The minimum absolute atomic E-state index is 0.0303. The first-order valence-electron chi connectivity index (χ1n) is 6.60. The van der Waals surface area contributed by atoms with Crippen molar-refractivity contribution in [1.29, 1.82) is 0 Å². The van der Waals surface area contributed by atoms with Crippen LogP contribution in [-0.4, -0.2) is 32.0 Å². The highest BCUT2D eigenvalue weighted by Gasteiger charge is 2.16. The molecule has 0 radical (unpaired) electrons. The van der Waals surface area contributed by atoms with Crippen molar-refractivity contribution in [2.75, 3.05) is 20.1 Å². The lowest BCUT2D eigenvalue weighted by Crippen LogP contribution is -2.37. The van der Waals surface area contributed by atoms with Gasteiger partial charge in [0.2, 0.25) is 0 Å². The van der Waals surface area contributed by atoms with Crippen molar-refractivity contribution in [3.05, 3.63) is 23.8 Å². The molecule has 0 spiro atoms. The van der Waals surface area contributed by atoms with Crippen LogP contribution in [0.3, 0.4) is 0 Å². The SMILES string of the molecule is COc1ccc(C(=O)NC(CCl)CC(C)C)cc1OC. The van der Waals surface area contributed by atoms with Gasteiger partial charge in [0.1, 0.15) is 0 Å². The van der Waals surface area contributed by atoms with Gasteiger partial charge in [0.05, 0.1) is 14.2 Å². The van der Waals surface area contributed by atoms with Gasteiger partial charge >= 0.3 is 0 Å². The number of rotatable bonds is 7. The molecule has 0 saturated carbocycles. The van der Waals surface area contributed by atoms with Crippen LogP contribution in [0.15, 0.2) is 18.2 Å². The van der Waals surface area contributed by atoms with Crippen LogP contribution < -0.4 is 14.8 Å². The second-order valence-corrected chi connectivity index (χ2v) is 5.33. The van der Waals surface area contributed by atoms with Crippen molar-refractivity contribution in [3.63, 3.8) is 0 Å². The van der Waals surface area contributed by atoms with E-state index in [4.69, 9.17) is 21.1 Å². The number of hydrogen-bond acceptors (Lipinski definition) is 3. The number of alkyl halides is 1. The molecule has 1 atom stereocenters. The van der Waals surface area contributed by atoms with Crippen LogP contribution in [0.5, 0.6) is 11.5 Å². The van der Waals surface area contributed by atoms with Crippen molar-refractivity contribution in [2.24, 2.45) is 5.92 Å². The zero-order chi connectivity index (χ0) is 15.1. The highest BCUT2D eigenvalue weighted by Crippen LogP contribution is 2.27.